The lowest BCUT2D eigenvalue weighted by Gasteiger charge is -2.31. The summed E-state index contributed by atoms with van der Waals surface area (Å²) in [5, 5.41) is 0. The van der Waals surface area contributed by atoms with Crippen molar-refractivity contribution in [1.29, 1.82) is 0 Å². The van der Waals surface area contributed by atoms with Crippen LogP contribution in [-0.2, 0) is 0 Å². The molecule has 4 heteroatoms. The Morgan fingerprint density at radius 2 is 2.18 bits per heavy atom. The minimum absolute atomic E-state index is 0.406. The van der Waals surface area contributed by atoms with Gasteiger partial charge in [0.15, 0.2) is 0 Å². The summed E-state index contributed by atoms with van der Waals surface area (Å²) in [5.74, 6) is 0.316. The van der Waals surface area contributed by atoms with Gasteiger partial charge in [-0.3, -0.25) is 4.79 Å². The molecule has 1 fully saturated rings. The van der Waals surface area contributed by atoms with Crippen LogP contribution in [-0.4, -0.2) is 19.5 Å². The van der Waals surface area contributed by atoms with E-state index in [4.69, 9.17) is 11.5 Å². The summed E-state index contributed by atoms with van der Waals surface area (Å²) in [6.07, 6.45) is 3.96. The van der Waals surface area contributed by atoms with Crippen molar-refractivity contribution in [1.82, 2.24) is 0 Å². The van der Waals surface area contributed by atoms with Gasteiger partial charge in [-0.05, 0) is 37.0 Å². The predicted octanol–water partition coefficient (Wildman–Crippen LogP) is 1.60. The first kappa shape index (κ1) is 11.8. The van der Waals surface area contributed by atoms with Gasteiger partial charge in [-0.1, -0.05) is 6.42 Å². The molecule has 1 amide bonds. The van der Waals surface area contributed by atoms with E-state index >= 15 is 0 Å². The first-order chi connectivity index (χ1) is 8.08. The number of benzene rings is 1. The average molecular weight is 233 g/mol. The second-order valence-electron chi connectivity index (χ2n) is 4.81. The fourth-order valence-electron chi connectivity index (χ4n) is 2.16. The molecule has 17 heavy (non-hydrogen) atoms. The highest BCUT2D eigenvalue weighted by molar-refractivity contribution is 5.99. The highest BCUT2D eigenvalue weighted by Crippen LogP contribution is 2.29. The molecule has 0 radical (unpaired) electrons. The summed E-state index contributed by atoms with van der Waals surface area (Å²) in [7, 11) is 2.04. The van der Waals surface area contributed by atoms with E-state index in [-0.39, 0.29) is 0 Å². The van der Waals surface area contributed by atoms with Crippen LogP contribution in [0.25, 0.3) is 0 Å². The number of hydrogen-bond acceptors (Lipinski definition) is 3. The molecule has 0 heterocycles. The van der Waals surface area contributed by atoms with E-state index in [0.29, 0.717) is 11.3 Å². The van der Waals surface area contributed by atoms with Crippen LogP contribution in [0, 0.1) is 5.92 Å². The Labute approximate surface area is 102 Å². The third-order valence-electron chi connectivity index (χ3n) is 3.50. The van der Waals surface area contributed by atoms with E-state index in [1.54, 1.807) is 12.1 Å². The number of hydrogen-bond donors (Lipinski definition) is 2. The number of nitrogens with zero attached hydrogens (tertiary/aromatic N) is 1. The Hall–Kier alpha value is -1.71. The van der Waals surface area contributed by atoms with Crippen molar-refractivity contribution in [3.63, 3.8) is 0 Å². The predicted molar refractivity (Wildman–Crippen MR) is 70.0 cm³/mol. The zero-order valence-corrected chi connectivity index (χ0v) is 10.1. The molecule has 0 aromatic heterocycles. The molecule has 0 atom stereocenters. The lowest BCUT2D eigenvalue weighted by molar-refractivity contribution is 0.100. The second-order valence-corrected chi connectivity index (χ2v) is 4.81. The second kappa shape index (κ2) is 4.65. The zero-order valence-electron chi connectivity index (χ0n) is 10.1. The molecule has 2 rings (SSSR count). The number of nitrogen functional groups attached to an aromatic ring is 1. The molecule has 0 saturated heterocycles. The van der Waals surface area contributed by atoms with Crippen LogP contribution in [0.1, 0.15) is 29.6 Å². The Morgan fingerprint density at radius 1 is 1.47 bits per heavy atom. The Morgan fingerprint density at radius 3 is 2.71 bits per heavy atom. The van der Waals surface area contributed by atoms with Gasteiger partial charge in [-0.15, -0.1) is 0 Å². The summed E-state index contributed by atoms with van der Waals surface area (Å²) in [6, 6.07) is 5.45. The minimum atomic E-state index is -0.471. The molecular formula is C13H19N3O. The Balaban J connectivity index is 2.14. The van der Waals surface area contributed by atoms with E-state index in [2.05, 4.69) is 4.90 Å². The van der Waals surface area contributed by atoms with Gasteiger partial charge in [0.2, 0.25) is 0 Å². The summed E-state index contributed by atoms with van der Waals surface area (Å²) < 4.78 is 0. The summed E-state index contributed by atoms with van der Waals surface area (Å²) in [4.78, 5) is 13.4. The smallest absolute Gasteiger partial charge is 0.250 e. The number of carbonyl (C=O) groups excluding carboxylic acids is 1. The van der Waals surface area contributed by atoms with Gasteiger partial charge in [-0.2, -0.15) is 0 Å². The van der Waals surface area contributed by atoms with Crippen molar-refractivity contribution in [2.75, 3.05) is 24.2 Å². The van der Waals surface area contributed by atoms with Gasteiger partial charge in [0.1, 0.15) is 0 Å². The molecule has 4 N–H and O–H groups in total. The first-order valence-corrected chi connectivity index (χ1v) is 5.98. The molecule has 1 aliphatic rings. The van der Waals surface area contributed by atoms with Gasteiger partial charge in [0.05, 0.1) is 5.56 Å². The standard InChI is InChI=1S/C13H19N3O/c1-16(8-9-3-2-4-9)10-5-6-12(14)11(7-10)13(15)17/h5-7,9H,2-4,8,14H2,1H3,(H2,15,17). The number of anilines is 2. The van der Waals surface area contributed by atoms with Gasteiger partial charge in [-0.25, -0.2) is 0 Å². The monoisotopic (exact) mass is 233 g/mol. The maximum absolute atomic E-state index is 11.2. The van der Waals surface area contributed by atoms with Crippen molar-refractivity contribution < 1.29 is 4.79 Å². The molecular weight excluding hydrogens is 214 g/mol. The molecule has 1 aromatic carbocycles. The quantitative estimate of drug-likeness (QED) is 0.776. The summed E-state index contributed by atoms with van der Waals surface area (Å²) in [5.41, 5.74) is 12.8. The van der Waals surface area contributed by atoms with Crippen LogP contribution in [0.4, 0.5) is 11.4 Å². The molecule has 0 bridgehead atoms. The highest BCUT2D eigenvalue weighted by Gasteiger charge is 2.19. The molecule has 1 saturated carbocycles. The minimum Gasteiger partial charge on any atom is -0.398 e. The highest BCUT2D eigenvalue weighted by atomic mass is 16.1. The van der Waals surface area contributed by atoms with Crippen LogP contribution >= 0.6 is 0 Å². The maximum atomic E-state index is 11.2. The number of amides is 1. The molecule has 1 aromatic rings. The van der Waals surface area contributed by atoms with E-state index in [0.717, 1.165) is 18.2 Å². The first-order valence-electron chi connectivity index (χ1n) is 5.98. The lowest BCUT2D eigenvalue weighted by Crippen LogP contribution is -2.29. The van der Waals surface area contributed by atoms with Crippen molar-refractivity contribution >= 4 is 17.3 Å². The number of carbonyl (C=O) groups is 1. The third-order valence-corrected chi connectivity index (χ3v) is 3.50. The van der Waals surface area contributed by atoms with Crippen molar-refractivity contribution in [3.8, 4) is 0 Å². The third kappa shape index (κ3) is 2.52. The fraction of sp³-hybridized carbons (Fsp3) is 0.462. The molecule has 1 aliphatic carbocycles. The Bertz CT molecular complexity index is 427. The van der Waals surface area contributed by atoms with Crippen LogP contribution in [0.3, 0.4) is 0 Å². The zero-order chi connectivity index (χ0) is 12.4. The number of primary amides is 1. The average Bonchev–Trinajstić information content (AvgIpc) is 2.23. The normalized spacial score (nSPS) is 15.4. The molecule has 4 nitrogen and oxygen atoms in total. The SMILES string of the molecule is CN(CC1CCC1)c1ccc(N)c(C(N)=O)c1. The van der Waals surface area contributed by atoms with Crippen LogP contribution in [0.5, 0.6) is 0 Å². The van der Waals surface area contributed by atoms with Crippen LogP contribution in [0.2, 0.25) is 0 Å². The fourth-order valence-corrected chi connectivity index (χ4v) is 2.16. The van der Waals surface area contributed by atoms with Crippen molar-refractivity contribution in [2.24, 2.45) is 11.7 Å². The van der Waals surface area contributed by atoms with E-state index in [1.807, 2.05) is 13.1 Å². The van der Waals surface area contributed by atoms with Gasteiger partial charge in [0.25, 0.3) is 5.91 Å². The maximum Gasteiger partial charge on any atom is 0.250 e. The van der Waals surface area contributed by atoms with Crippen molar-refractivity contribution in [3.05, 3.63) is 23.8 Å². The van der Waals surface area contributed by atoms with Crippen LogP contribution in [0.15, 0.2) is 18.2 Å². The topological polar surface area (TPSA) is 72.3 Å². The van der Waals surface area contributed by atoms with E-state index < -0.39 is 5.91 Å². The molecule has 92 valence electrons. The van der Waals surface area contributed by atoms with E-state index in [1.165, 1.54) is 19.3 Å². The van der Waals surface area contributed by atoms with Crippen molar-refractivity contribution in [2.45, 2.75) is 19.3 Å². The number of rotatable bonds is 4. The largest absolute Gasteiger partial charge is 0.398 e. The Kier molecular flexibility index (Phi) is 3.22. The van der Waals surface area contributed by atoms with Gasteiger partial charge >= 0.3 is 0 Å². The summed E-state index contributed by atoms with van der Waals surface area (Å²) in [6.45, 7) is 1.03. The van der Waals surface area contributed by atoms with Crippen LogP contribution < -0.4 is 16.4 Å². The lowest BCUT2D eigenvalue weighted by atomic mass is 9.85. The van der Waals surface area contributed by atoms with Gasteiger partial charge < -0.3 is 16.4 Å². The van der Waals surface area contributed by atoms with Gasteiger partial charge in [0, 0.05) is 25.0 Å². The van der Waals surface area contributed by atoms with E-state index in [9.17, 15) is 4.79 Å². The summed E-state index contributed by atoms with van der Waals surface area (Å²) >= 11 is 0. The molecule has 0 aliphatic heterocycles. The molecule has 0 unspecified atom stereocenters. The number of nitrogens with two attached hydrogens (primary N) is 2. The molecule has 0 spiro atoms.